The maximum Gasteiger partial charge on any atom is 0.306 e. The maximum absolute atomic E-state index is 12.5. The average Bonchev–Trinajstić information content (AvgIpc) is 3.25. The highest BCUT2D eigenvalue weighted by molar-refractivity contribution is 7.89. The van der Waals surface area contributed by atoms with Gasteiger partial charge in [0.1, 0.15) is 0 Å². The summed E-state index contributed by atoms with van der Waals surface area (Å²) in [5.74, 6) is 0.944. The largest absolute Gasteiger partial charge is 0.453 e. The Bertz CT molecular complexity index is 896. The molecule has 0 heterocycles. The molecular formula is C21H30N2O5S. The van der Waals surface area contributed by atoms with E-state index in [-0.39, 0.29) is 10.9 Å². The van der Waals surface area contributed by atoms with Crippen LogP contribution in [0, 0.1) is 24.7 Å². The van der Waals surface area contributed by atoms with Gasteiger partial charge in [-0.2, -0.15) is 0 Å². The molecule has 0 unspecified atom stereocenters. The SMILES string of the molecule is Cc1ccc(S(=O)(=O)N(C)C)cc1NC(=O)[C@@H](C)OC(=O)C[C@H]1C[C@H]2CC[C@H]1C2. The molecule has 1 amide bonds. The van der Waals surface area contributed by atoms with E-state index in [1.54, 1.807) is 13.0 Å². The molecule has 2 aliphatic rings. The minimum absolute atomic E-state index is 0.0873. The molecule has 2 aliphatic carbocycles. The Morgan fingerprint density at radius 2 is 1.97 bits per heavy atom. The lowest BCUT2D eigenvalue weighted by molar-refractivity contribution is -0.154. The summed E-state index contributed by atoms with van der Waals surface area (Å²) in [5.41, 5.74) is 1.10. The monoisotopic (exact) mass is 422 g/mol. The quantitative estimate of drug-likeness (QED) is 0.682. The van der Waals surface area contributed by atoms with Crippen LogP contribution < -0.4 is 5.32 Å². The molecule has 2 saturated carbocycles. The number of amides is 1. The van der Waals surface area contributed by atoms with E-state index in [1.165, 1.54) is 52.4 Å². The molecule has 7 nitrogen and oxygen atoms in total. The van der Waals surface area contributed by atoms with Crippen LogP contribution in [0.15, 0.2) is 23.1 Å². The van der Waals surface area contributed by atoms with E-state index in [9.17, 15) is 18.0 Å². The van der Waals surface area contributed by atoms with Crippen LogP contribution >= 0.6 is 0 Å². The van der Waals surface area contributed by atoms with Gasteiger partial charge in [-0.15, -0.1) is 0 Å². The van der Waals surface area contributed by atoms with Crippen LogP contribution in [-0.2, 0) is 24.3 Å². The Hall–Kier alpha value is -1.93. The topological polar surface area (TPSA) is 92.8 Å². The van der Waals surface area contributed by atoms with Crippen molar-refractivity contribution in [1.29, 1.82) is 0 Å². The molecular weight excluding hydrogens is 392 g/mol. The second-order valence-corrected chi connectivity index (χ2v) is 10.7. The van der Waals surface area contributed by atoms with E-state index >= 15 is 0 Å². The van der Waals surface area contributed by atoms with Crippen LogP contribution in [0.3, 0.4) is 0 Å². The molecule has 160 valence electrons. The number of benzene rings is 1. The molecule has 0 radical (unpaired) electrons. The minimum Gasteiger partial charge on any atom is -0.453 e. The number of esters is 1. The normalized spacial score (nSPS) is 24.5. The van der Waals surface area contributed by atoms with Crippen LogP contribution in [0.1, 0.15) is 44.6 Å². The van der Waals surface area contributed by atoms with E-state index < -0.39 is 22.0 Å². The van der Waals surface area contributed by atoms with Gasteiger partial charge >= 0.3 is 5.97 Å². The Morgan fingerprint density at radius 1 is 1.24 bits per heavy atom. The number of rotatable bonds is 7. The smallest absolute Gasteiger partial charge is 0.306 e. The Morgan fingerprint density at radius 3 is 2.55 bits per heavy atom. The zero-order valence-corrected chi connectivity index (χ0v) is 18.3. The number of sulfonamides is 1. The Balaban J connectivity index is 1.60. The third kappa shape index (κ3) is 4.80. The van der Waals surface area contributed by atoms with E-state index in [4.69, 9.17) is 4.74 Å². The summed E-state index contributed by atoms with van der Waals surface area (Å²) in [6.07, 6.45) is 4.20. The van der Waals surface area contributed by atoms with Crippen molar-refractivity contribution in [2.75, 3.05) is 19.4 Å². The van der Waals surface area contributed by atoms with Crippen molar-refractivity contribution in [3.05, 3.63) is 23.8 Å². The lowest BCUT2D eigenvalue weighted by atomic mass is 9.86. The van der Waals surface area contributed by atoms with E-state index in [0.29, 0.717) is 23.9 Å². The fourth-order valence-corrected chi connectivity index (χ4v) is 5.41. The zero-order chi connectivity index (χ0) is 21.3. The number of nitrogens with one attached hydrogen (secondary N) is 1. The summed E-state index contributed by atoms with van der Waals surface area (Å²) in [4.78, 5) is 24.9. The van der Waals surface area contributed by atoms with Crippen LogP contribution in [-0.4, -0.2) is 44.8 Å². The minimum atomic E-state index is -3.61. The summed E-state index contributed by atoms with van der Waals surface area (Å²) in [5, 5.41) is 2.69. The predicted molar refractivity (Wildman–Crippen MR) is 110 cm³/mol. The van der Waals surface area contributed by atoms with Gasteiger partial charge in [-0.1, -0.05) is 12.5 Å². The molecule has 0 aromatic heterocycles. The first kappa shape index (κ1) is 21.8. The number of ether oxygens (including phenoxy) is 1. The number of hydrogen-bond acceptors (Lipinski definition) is 5. The van der Waals surface area contributed by atoms with Crippen molar-refractivity contribution in [3.63, 3.8) is 0 Å². The molecule has 29 heavy (non-hydrogen) atoms. The number of carbonyl (C=O) groups excluding carboxylic acids is 2. The number of fused-ring (bicyclic) bond motifs is 2. The van der Waals surface area contributed by atoms with Crippen LogP contribution in [0.5, 0.6) is 0 Å². The summed E-state index contributed by atoms with van der Waals surface area (Å²) in [6.45, 7) is 3.30. The maximum atomic E-state index is 12.5. The first-order chi connectivity index (χ1) is 13.6. The Kier molecular flexibility index (Phi) is 6.33. The lowest BCUT2D eigenvalue weighted by Gasteiger charge is -2.21. The molecule has 0 aliphatic heterocycles. The van der Waals surface area contributed by atoms with Gasteiger partial charge in [0.2, 0.25) is 10.0 Å². The summed E-state index contributed by atoms with van der Waals surface area (Å²) in [7, 11) is -0.713. The third-order valence-corrected chi connectivity index (χ3v) is 8.05. The highest BCUT2D eigenvalue weighted by Crippen LogP contribution is 2.49. The van der Waals surface area contributed by atoms with Crippen molar-refractivity contribution in [1.82, 2.24) is 4.31 Å². The van der Waals surface area contributed by atoms with Crippen LogP contribution in [0.25, 0.3) is 0 Å². The number of hydrogen-bond donors (Lipinski definition) is 1. The molecule has 0 saturated heterocycles. The summed E-state index contributed by atoms with van der Waals surface area (Å²) < 4.78 is 31.1. The van der Waals surface area contributed by atoms with Gasteiger partial charge in [0.25, 0.3) is 5.91 Å². The van der Waals surface area contributed by atoms with Gasteiger partial charge in [0.15, 0.2) is 6.10 Å². The summed E-state index contributed by atoms with van der Waals surface area (Å²) >= 11 is 0. The van der Waals surface area contributed by atoms with E-state index in [2.05, 4.69) is 5.32 Å². The van der Waals surface area contributed by atoms with Gasteiger partial charge in [-0.25, -0.2) is 12.7 Å². The third-order valence-electron chi connectivity index (χ3n) is 6.24. The highest BCUT2D eigenvalue weighted by Gasteiger charge is 2.40. The number of nitrogens with zero attached hydrogens (tertiary/aromatic N) is 1. The zero-order valence-electron chi connectivity index (χ0n) is 17.5. The molecule has 0 spiro atoms. The molecule has 1 aromatic carbocycles. The molecule has 4 atom stereocenters. The van der Waals surface area contributed by atoms with Crippen molar-refractivity contribution >= 4 is 27.6 Å². The van der Waals surface area contributed by atoms with Crippen molar-refractivity contribution in [3.8, 4) is 0 Å². The Labute approximate surface area is 172 Å². The van der Waals surface area contributed by atoms with Gasteiger partial charge in [-0.05, 0) is 68.6 Å². The molecule has 2 fully saturated rings. The van der Waals surface area contributed by atoms with E-state index in [1.807, 2.05) is 0 Å². The number of carbonyl (C=O) groups is 2. The van der Waals surface area contributed by atoms with Gasteiger partial charge in [0.05, 0.1) is 4.90 Å². The second kappa shape index (κ2) is 8.44. The molecule has 2 bridgehead atoms. The van der Waals surface area contributed by atoms with Crippen molar-refractivity contribution in [2.45, 2.75) is 57.0 Å². The fraction of sp³-hybridized carbons (Fsp3) is 0.619. The number of aryl methyl sites for hydroxylation is 1. The number of anilines is 1. The predicted octanol–water partition coefficient (Wildman–Crippen LogP) is 2.94. The second-order valence-electron chi connectivity index (χ2n) is 8.52. The van der Waals surface area contributed by atoms with Gasteiger partial charge in [-0.3, -0.25) is 9.59 Å². The molecule has 3 rings (SSSR count). The fourth-order valence-electron chi connectivity index (χ4n) is 4.48. The summed E-state index contributed by atoms with van der Waals surface area (Å²) in [6, 6.07) is 4.56. The standard InChI is InChI=1S/C21H30N2O5S/c1-13-5-8-18(29(26,27)23(3)4)12-19(13)22-21(25)14(2)28-20(24)11-17-10-15-6-7-16(17)9-15/h5,8,12,14-17H,6-7,9-11H2,1-4H3,(H,22,25)/t14-,15+,16+,17-/m1/s1. The van der Waals surface area contributed by atoms with Crippen LogP contribution in [0.4, 0.5) is 5.69 Å². The first-order valence-corrected chi connectivity index (χ1v) is 11.6. The lowest BCUT2D eigenvalue weighted by Crippen LogP contribution is -2.31. The van der Waals surface area contributed by atoms with Gasteiger partial charge < -0.3 is 10.1 Å². The first-order valence-electron chi connectivity index (χ1n) is 10.1. The van der Waals surface area contributed by atoms with Crippen molar-refractivity contribution < 1.29 is 22.7 Å². The van der Waals surface area contributed by atoms with E-state index in [0.717, 1.165) is 22.2 Å². The van der Waals surface area contributed by atoms with Gasteiger partial charge in [0, 0.05) is 26.2 Å². The van der Waals surface area contributed by atoms with Crippen LogP contribution in [0.2, 0.25) is 0 Å². The molecule has 1 N–H and O–H groups in total. The average molecular weight is 423 g/mol. The van der Waals surface area contributed by atoms with Crippen molar-refractivity contribution in [2.24, 2.45) is 17.8 Å². The highest BCUT2D eigenvalue weighted by atomic mass is 32.2. The molecule has 1 aromatic rings. The molecule has 8 heteroatoms.